The number of hydrogen-bond donors (Lipinski definition) is 1. The minimum absolute atomic E-state index is 0.202. The molecule has 21 heavy (non-hydrogen) atoms. The lowest BCUT2D eigenvalue weighted by Crippen LogP contribution is -2.31. The Balaban J connectivity index is 2.41. The zero-order chi connectivity index (χ0) is 15.7. The molecule has 1 aromatic rings. The molecule has 0 saturated heterocycles. The molecule has 1 rings (SSSR count). The average Bonchev–Trinajstić information content (AvgIpc) is 2.43. The summed E-state index contributed by atoms with van der Waals surface area (Å²) in [6, 6.07) is 5.00. The van der Waals surface area contributed by atoms with Crippen LogP contribution in [0.5, 0.6) is 5.75 Å². The minimum atomic E-state index is -2.81. The van der Waals surface area contributed by atoms with Gasteiger partial charge in [0.05, 0.1) is 6.61 Å². The molecule has 1 aromatic carbocycles. The summed E-state index contributed by atoms with van der Waals surface area (Å²) in [4.78, 5) is 2.13. The zero-order valence-corrected chi connectivity index (χ0v) is 13.8. The SMILES string of the molecule is COCCN(C)CCNCc1cc(Br)ccc1OC(F)F. The lowest BCUT2D eigenvalue weighted by Gasteiger charge is -2.17. The Morgan fingerprint density at radius 2 is 2.10 bits per heavy atom. The molecule has 0 bridgehead atoms. The summed E-state index contributed by atoms with van der Waals surface area (Å²) in [6.07, 6.45) is 0. The highest BCUT2D eigenvalue weighted by Gasteiger charge is 2.10. The fraction of sp³-hybridized carbons (Fsp3) is 0.571. The first-order chi connectivity index (χ1) is 10.0. The van der Waals surface area contributed by atoms with Crippen LogP contribution in [0.1, 0.15) is 5.56 Å². The number of hydrogen-bond acceptors (Lipinski definition) is 4. The number of methoxy groups -OCH3 is 1. The van der Waals surface area contributed by atoms with Crippen molar-refractivity contribution in [1.29, 1.82) is 0 Å². The van der Waals surface area contributed by atoms with Crippen LogP contribution in [-0.2, 0) is 11.3 Å². The fourth-order valence-electron chi connectivity index (χ4n) is 1.75. The third kappa shape index (κ3) is 7.71. The first-order valence-electron chi connectivity index (χ1n) is 6.64. The number of nitrogens with one attached hydrogen (secondary N) is 1. The topological polar surface area (TPSA) is 33.7 Å². The Bertz CT molecular complexity index is 422. The van der Waals surface area contributed by atoms with E-state index in [1.165, 1.54) is 6.07 Å². The number of nitrogens with zero attached hydrogens (tertiary/aromatic N) is 1. The van der Waals surface area contributed by atoms with E-state index in [0.717, 1.165) is 24.1 Å². The van der Waals surface area contributed by atoms with Crippen molar-refractivity contribution in [2.24, 2.45) is 0 Å². The summed E-state index contributed by atoms with van der Waals surface area (Å²) in [6.45, 7) is 0.803. The second kappa shape index (κ2) is 10.0. The van der Waals surface area contributed by atoms with Crippen molar-refractivity contribution >= 4 is 15.9 Å². The quantitative estimate of drug-likeness (QED) is 0.645. The van der Waals surface area contributed by atoms with Gasteiger partial charge in [-0.2, -0.15) is 8.78 Å². The van der Waals surface area contributed by atoms with Crippen LogP contribution in [0.25, 0.3) is 0 Å². The van der Waals surface area contributed by atoms with Gasteiger partial charge in [-0.15, -0.1) is 0 Å². The van der Waals surface area contributed by atoms with E-state index in [1.54, 1.807) is 19.2 Å². The molecule has 0 fully saturated rings. The van der Waals surface area contributed by atoms with Gasteiger partial charge < -0.3 is 19.7 Å². The van der Waals surface area contributed by atoms with Gasteiger partial charge in [0.15, 0.2) is 0 Å². The predicted octanol–water partition coefficient (Wildman–Crippen LogP) is 2.72. The van der Waals surface area contributed by atoms with Gasteiger partial charge in [-0.3, -0.25) is 0 Å². The third-order valence-electron chi connectivity index (χ3n) is 2.90. The smallest absolute Gasteiger partial charge is 0.387 e. The van der Waals surface area contributed by atoms with Crippen molar-refractivity contribution in [1.82, 2.24) is 10.2 Å². The van der Waals surface area contributed by atoms with Gasteiger partial charge in [-0.1, -0.05) is 15.9 Å². The normalized spacial score (nSPS) is 11.4. The number of alkyl halides is 2. The second-order valence-electron chi connectivity index (χ2n) is 4.60. The van der Waals surface area contributed by atoms with Crippen molar-refractivity contribution < 1.29 is 18.3 Å². The Labute approximate surface area is 132 Å². The molecule has 0 radical (unpaired) electrons. The number of rotatable bonds is 10. The minimum Gasteiger partial charge on any atom is -0.434 e. The maximum absolute atomic E-state index is 12.3. The molecule has 0 spiro atoms. The van der Waals surface area contributed by atoms with E-state index in [4.69, 9.17) is 4.74 Å². The third-order valence-corrected chi connectivity index (χ3v) is 3.39. The van der Waals surface area contributed by atoms with Crippen LogP contribution in [0, 0.1) is 0 Å². The summed E-state index contributed by atoms with van der Waals surface area (Å²) in [5.41, 5.74) is 0.698. The van der Waals surface area contributed by atoms with Gasteiger partial charge in [-0.25, -0.2) is 0 Å². The Morgan fingerprint density at radius 3 is 2.76 bits per heavy atom. The monoisotopic (exact) mass is 366 g/mol. The number of halogens is 3. The molecule has 120 valence electrons. The predicted molar refractivity (Wildman–Crippen MR) is 81.9 cm³/mol. The highest BCUT2D eigenvalue weighted by molar-refractivity contribution is 9.10. The summed E-state index contributed by atoms with van der Waals surface area (Å²) in [5.74, 6) is 0.202. The van der Waals surface area contributed by atoms with E-state index in [2.05, 4.69) is 30.9 Å². The van der Waals surface area contributed by atoms with Gasteiger partial charge in [0.2, 0.25) is 0 Å². The van der Waals surface area contributed by atoms with Crippen molar-refractivity contribution in [3.63, 3.8) is 0 Å². The summed E-state index contributed by atoms with van der Waals surface area (Å²) in [7, 11) is 3.68. The van der Waals surface area contributed by atoms with Gasteiger partial charge in [0, 0.05) is 43.3 Å². The highest BCUT2D eigenvalue weighted by atomic mass is 79.9. The zero-order valence-electron chi connectivity index (χ0n) is 12.2. The Morgan fingerprint density at radius 1 is 1.33 bits per heavy atom. The van der Waals surface area contributed by atoms with E-state index < -0.39 is 6.61 Å². The highest BCUT2D eigenvalue weighted by Crippen LogP contribution is 2.24. The number of likely N-dealkylation sites (N-methyl/N-ethyl adjacent to an activating group) is 1. The number of benzene rings is 1. The molecular formula is C14H21BrF2N2O2. The van der Waals surface area contributed by atoms with E-state index >= 15 is 0 Å². The second-order valence-corrected chi connectivity index (χ2v) is 5.52. The summed E-state index contributed by atoms with van der Waals surface area (Å²) < 4.78 is 35.0. The number of ether oxygens (including phenoxy) is 2. The van der Waals surface area contributed by atoms with Crippen LogP contribution in [0.4, 0.5) is 8.78 Å². The van der Waals surface area contributed by atoms with Gasteiger partial charge in [0.25, 0.3) is 0 Å². The largest absolute Gasteiger partial charge is 0.434 e. The van der Waals surface area contributed by atoms with Crippen LogP contribution in [0.3, 0.4) is 0 Å². The molecule has 0 heterocycles. The summed E-state index contributed by atoms with van der Waals surface area (Å²) in [5, 5.41) is 3.22. The van der Waals surface area contributed by atoms with Crippen molar-refractivity contribution in [2.45, 2.75) is 13.2 Å². The fourth-order valence-corrected chi connectivity index (χ4v) is 2.16. The maximum Gasteiger partial charge on any atom is 0.387 e. The first-order valence-corrected chi connectivity index (χ1v) is 7.43. The standard InChI is InChI=1S/C14H21BrF2N2O2/c1-19(7-8-20-2)6-5-18-10-11-9-12(15)3-4-13(11)21-14(16)17/h3-4,9,14,18H,5-8,10H2,1-2H3. The molecule has 1 N–H and O–H groups in total. The lowest BCUT2D eigenvalue weighted by atomic mass is 10.2. The Hall–Kier alpha value is -0.760. The van der Waals surface area contributed by atoms with E-state index in [0.29, 0.717) is 18.7 Å². The van der Waals surface area contributed by atoms with E-state index in [9.17, 15) is 8.78 Å². The average molecular weight is 367 g/mol. The lowest BCUT2D eigenvalue weighted by molar-refractivity contribution is -0.0505. The van der Waals surface area contributed by atoms with Crippen LogP contribution in [0.15, 0.2) is 22.7 Å². The van der Waals surface area contributed by atoms with Crippen LogP contribution in [0.2, 0.25) is 0 Å². The molecule has 0 saturated carbocycles. The van der Waals surface area contributed by atoms with Crippen molar-refractivity contribution in [3.05, 3.63) is 28.2 Å². The summed E-state index contributed by atoms with van der Waals surface area (Å²) >= 11 is 3.33. The molecule has 0 aliphatic heterocycles. The Kier molecular flexibility index (Phi) is 8.75. The van der Waals surface area contributed by atoms with Crippen molar-refractivity contribution in [2.75, 3.05) is 40.4 Å². The molecular weight excluding hydrogens is 346 g/mol. The first kappa shape index (κ1) is 18.3. The van der Waals surface area contributed by atoms with E-state index in [1.807, 2.05) is 7.05 Å². The van der Waals surface area contributed by atoms with Crippen LogP contribution < -0.4 is 10.1 Å². The van der Waals surface area contributed by atoms with Gasteiger partial charge in [-0.05, 0) is 25.2 Å². The molecule has 0 atom stereocenters. The van der Waals surface area contributed by atoms with Crippen LogP contribution in [-0.4, -0.2) is 51.9 Å². The molecule has 0 aromatic heterocycles. The molecule has 0 aliphatic carbocycles. The molecule has 7 heteroatoms. The molecule has 4 nitrogen and oxygen atoms in total. The molecule has 0 unspecified atom stereocenters. The molecule has 0 aliphatic rings. The van der Waals surface area contributed by atoms with E-state index in [-0.39, 0.29) is 5.75 Å². The van der Waals surface area contributed by atoms with Gasteiger partial charge in [0.1, 0.15) is 5.75 Å². The van der Waals surface area contributed by atoms with Crippen molar-refractivity contribution in [3.8, 4) is 5.75 Å². The maximum atomic E-state index is 12.3. The molecule has 0 amide bonds. The van der Waals surface area contributed by atoms with Gasteiger partial charge >= 0.3 is 6.61 Å². The van der Waals surface area contributed by atoms with Crippen LogP contribution >= 0.6 is 15.9 Å².